The summed E-state index contributed by atoms with van der Waals surface area (Å²) in [6.07, 6.45) is 18.7. The number of carbonyl (C=O) groups is 1. The molecule has 0 bridgehead atoms. The Hall–Kier alpha value is -2.26. The molecule has 4 fully saturated rings. The molecule has 0 atom stereocenters. The van der Waals surface area contributed by atoms with Crippen LogP contribution in [0.3, 0.4) is 0 Å². The number of hydrogen-bond acceptors (Lipinski definition) is 8. The van der Waals surface area contributed by atoms with Gasteiger partial charge in [-0.1, -0.05) is 25.7 Å². The molecule has 0 spiro atoms. The minimum Gasteiger partial charge on any atom is -0.365 e. The maximum atomic E-state index is 12.0. The largest absolute Gasteiger partial charge is 0.365 e. The highest BCUT2D eigenvalue weighted by Crippen LogP contribution is 2.37. The number of nitrogens with one attached hydrogen (secondary N) is 2. The third-order valence-electron chi connectivity index (χ3n) is 9.40. The molecule has 9 heteroatoms. The fourth-order valence-electron chi connectivity index (χ4n) is 7.14. The summed E-state index contributed by atoms with van der Waals surface area (Å²) in [7, 11) is 0. The molecule has 3 saturated carbocycles. The van der Waals surface area contributed by atoms with Crippen molar-refractivity contribution in [3.63, 3.8) is 0 Å². The van der Waals surface area contributed by atoms with Gasteiger partial charge in [-0.25, -0.2) is 4.98 Å². The predicted octanol–water partition coefficient (Wildman–Crippen LogP) is 4.01. The fourth-order valence-corrected chi connectivity index (χ4v) is 7.14. The third kappa shape index (κ3) is 4.72. The second-order valence-corrected chi connectivity index (χ2v) is 11.7. The summed E-state index contributed by atoms with van der Waals surface area (Å²) in [5, 5.41) is 7.38. The van der Waals surface area contributed by atoms with E-state index in [1.54, 1.807) is 0 Å². The molecule has 3 heterocycles. The zero-order valence-electron chi connectivity index (χ0n) is 21.5. The normalized spacial score (nSPS) is 28.0. The van der Waals surface area contributed by atoms with Gasteiger partial charge in [0.25, 0.3) is 0 Å². The molecule has 4 N–H and O–H groups in total. The number of nitrogens with two attached hydrogens (primary N) is 1. The minimum atomic E-state index is -0.215. The zero-order valence-corrected chi connectivity index (χ0v) is 21.5. The summed E-state index contributed by atoms with van der Waals surface area (Å²) in [6, 6.07) is 1.49. The first-order chi connectivity index (χ1) is 17.6. The number of imidazole rings is 1. The van der Waals surface area contributed by atoms with Gasteiger partial charge in [-0.15, -0.1) is 0 Å². The Morgan fingerprint density at radius 3 is 2.28 bits per heavy atom. The highest BCUT2D eigenvalue weighted by atomic mass is 16.1. The summed E-state index contributed by atoms with van der Waals surface area (Å²) in [5.74, 6) is 1.55. The van der Waals surface area contributed by atoms with Gasteiger partial charge in [0.05, 0.1) is 11.9 Å². The zero-order chi connectivity index (χ0) is 24.5. The number of aldehydes is 1. The molecule has 36 heavy (non-hydrogen) atoms. The molecule has 6 rings (SSSR count). The van der Waals surface area contributed by atoms with Gasteiger partial charge in [0.1, 0.15) is 6.29 Å². The topological polar surface area (TPSA) is 114 Å². The van der Waals surface area contributed by atoms with Gasteiger partial charge in [0.15, 0.2) is 17.0 Å². The second-order valence-electron chi connectivity index (χ2n) is 11.7. The van der Waals surface area contributed by atoms with Crippen LogP contribution in [0.4, 0.5) is 11.8 Å². The van der Waals surface area contributed by atoms with E-state index in [0.29, 0.717) is 30.1 Å². The summed E-state index contributed by atoms with van der Waals surface area (Å²) in [5.41, 5.74) is 7.73. The van der Waals surface area contributed by atoms with Crippen LogP contribution < -0.4 is 16.4 Å². The number of piperidine rings is 1. The van der Waals surface area contributed by atoms with Gasteiger partial charge >= 0.3 is 0 Å². The Bertz CT molecular complexity index is 1040. The van der Waals surface area contributed by atoms with Gasteiger partial charge in [-0.2, -0.15) is 9.97 Å². The SMILES string of the molecule is NC1CCC(Nc2nc(NC3CCN(C4(C=O)CCCC4)CC3)c3ncn(C4CCCC4)c3n2)CC1. The molecular formula is C27H42N8O. The number of likely N-dealkylation sites (tertiary alicyclic amines) is 1. The molecule has 2 aromatic heterocycles. The molecule has 9 nitrogen and oxygen atoms in total. The van der Waals surface area contributed by atoms with Gasteiger partial charge in [-0.05, 0) is 64.2 Å². The number of hydrogen-bond donors (Lipinski definition) is 3. The molecule has 1 aliphatic heterocycles. The van der Waals surface area contributed by atoms with Crippen molar-refractivity contribution in [2.24, 2.45) is 5.73 Å². The molecule has 0 radical (unpaired) electrons. The van der Waals surface area contributed by atoms with E-state index in [9.17, 15) is 4.79 Å². The first-order valence-electron chi connectivity index (χ1n) is 14.4. The lowest BCUT2D eigenvalue weighted by molar-refractivity contribution is -0.119. The number of anilines is 2. The Morgan fingerprint density at radius 2 is 1.58 bits per heavy atom. The molecule has 2 aromatic rings. The average molecular weight is 495 g/mol. The predicted molar refractivity (Wildman–Crippen MR) is 142 cm³/mol. The van der Waals surface area contributed by atoms with Gasteiger partial charge in [0.2, 0.25) is 5.95 Å². The van der Waals surface area contributed by atoms with E-state index in [1.807, 2.05) is 6.33 Å². The van der Waals surface area contributed by atoms with Crippen LogP contribution in [0.5, 0.6) is 0 Å². The van der Waals surface area contributed by atoms with Crippen LogP contribution in [-0.2, 0) is 4.79 Å². The van der Waals surface area contributed by atoms with E-state index < -0.39 is 0 Å². The lowest BCUT2D eigenvalue weighted by Crippen LogP contribution is -2.53. The van der Waals surface area contributed by atoms with Crippen LogP contribution in [-0.4, -0.2) is 67.5 Å². The molecule has 0 aromatic carbocycles. The van der Waals surface area contributed by atoms with Crippen LogP contribution in [0, 0.1) is 0 Å². The van der Waals surface area contributed by atoms with Crippen LogP contribution in [0.25, 0.3) is 11.2 Å². The van der Waals surface area contributed by atoms with E-state index in [1.165, 1.54) is 44.8 Å². The highest BCUT2D eigenvalue weighted by molar-refractivity contribution is 5.84. The van der Waals surface area contributed by atoms with E-state index >= 15 is 0 Å². The van der Waals surface area contributed by atoms with Crippen molar-refractivity contribution >= 4 is 29.2 Å². The van der Waals surface area contributed by atoms with Crippen molar-refractivity contribution in [1.82, 2.24) is 24.4 Å². The summed E-state index contributed by atoms with van der Waals surface area (Å²) >= 11 is 0. The first kappa shape index (κ1) is 24.1. The number of carbonyl (C=O) groups excluding carboxylic acids is 1. The Morgan fingerprint density at radius 1 is 0.889 bits per heavy atom. The average Bonchev–Trinajstić information content (AvgIpc) is 3.67. The Balaban J connectivity index is 1.22. The maximum absolute atomic E-state index is 12.0. The Labute approximate surface area is 214 Å². The summed E-state index contributed by atoms with van der Waals surface area (Å²) in [4.78, 5) is 29.2. The Kier molecular flexibility index (Phi) is 6.86. The van der Waals surface area contributed by atoms with E-state index in [4.69, 9.17) is 20.7 Å². The number of aromatic nitrogens is 4. The van der Waals surface area contributed by atoms with Crippen LogP contribution in [0.1, 0.15) is 95.9 Å². The molecule has 1 saturated heterocycles. The molecule has 0 unspecified atom stereocenters. The fraction of sp³-hybridized carbons (Fsp3) is 0.778. The van der Waals surface area contributed by atoms with Gasteiger partial charge in [0, 0.05) is 37.3 Å². The summed E-state index contributed by atoms with van der Waals surface area (Å²) < 4.78 is 2.29. The molecule has 196 valence electrons. The summed E-state index contributed by atoms with van der Waals surface area (Å²) in [6.45, 7) is 1.91. The smallest absolute Gasteiger partial charge is 0.227 e. The lowest BCUT2D eigenvalue weighted by Gasteiger charge is -2.42. The maximum Gasteiger partial charge on any atom is 0.227 e. The van der Waals surface area contributed by atoms with E-state index in [-0.39, 0.29) is 5.54 Å². The molecular weight excluding hydrogens is 452 g/mol. The van der Waals surface area contributed by atoms with E-state index in [2.05, 4.69) is 20.1 Å². The number of fused-ring (bicyclic) bond motifs is 1. The molecule has 3 aliphatic carbocycles. The van der Waals surface area contributed by atoms with Crippen LogP contribution in [0.15, 0.2) is 6.33 Å². The lowest BCUT2D eigenvalue weighted by atomic mass is 9.92. The number of nitrogens with zero attached hydrogens (tertiary/aromatic N) is 5. The van der Waals surface area contributed by atoms with Crippen LogP contribution in [0.2, 0.25) is 0 Å². The van der Waals surface area contributed by atoms with E-state index in [0.717, 1.165) is 81.4 Å². The first-order valence-corrected chi connectivity index (χ1v) is 14.4. The third-order valence-corrected chi connectivity index (χ3v) is 9.40. The van der Waals surface area contributed by atoms with Crippen molar-refractivity contribution in [2.75, 3.05) is 23.7 Å². The van der Waals surface area contributed by atoms with Gasteiger partial charge < -0.3 is 25.7 Å². The molecule has 4 aliphatic rings. The minimum absolute atomic E-state index is 0.215. The molecule has 0 amide bonds. The highest BCUT2D eigenvalue weighted by Gasteiger charge is 2.41. The second kappa shape index (κ2) is 10.2. The van der Waals surface area contributed by atoms with Crippen molar-refractivity contribution in [2.45, 2.75) is 120 Å². The van der Waals surface area contributed by atoms with Crippen molar-refractivity contribution < 1.29 is 4.79 Å². The van der Waals surface area contributed by atoms with Crippen molar-refractivity contribution in [1.29, 1.82) is 0 Å². The monoisotopic (exact) mass is 494 g/mol. The standard InChI is InChI=1S/C27H42N8O/c28-19-7-9-20(10-8-19)31-26-32-24(23-25(33-26)35(18-29-23)22-5-1-2-6-22)30-21-11-15-34(16-12-21)27(17-36)13-3-4-14-27/h17-22H,1-16,28H2,(H2,30,31,32,33). The van der Waals surface area contributed by atoms with Gasteiger partial charge in [-0.3, -0.25) is 4.90 Å². The van der Waals surface area contributed by atoms with Crippen molar-refractivity contribution in [3.05, 3.63) is 6.33 Å². The number of rotatable bonds is 7. The quantitative estimate of drug-likeness (QED) is 0.495. The van der Waals surface area contributed by atoms with Crippen LogP contribution >= 0.6 is 0 Å². The van der Waals surface area contributed by atoms with Crippen molar-refractivity contribution in [3.8, 4) is 0 Å².